The molecule has 43 heavy (non-hydrogen) atoms. The molecule has 1 heterocycles. The molecule has 1 aromatic heterocycles. The third-order valence-corrected chi connectivity index (χ3v) is 10.1. The minimum Gasteiger partial charge on any atom is -0.247 e. The molecule has 1 N–H and O–H groups in total. The molecule has 0 saturated heterocycles. The molecule has 1 rings (SSSR count). The maximum absolute atomic E-state index is 3.75. The number of nitrogens with zero attached hydrogens (tertiary/aromatic N) is 1. The number of hydrogen-bond donors (Lipinski definition) is 1. The standard InChI is InChI=1S/C41H80N2/c1-5-8-11-14-17-19-21-23-26-29-32-35-40(36-33-30-27-24-22-20-18-15-12-9-6-2)41-42-37-38-43(41)39(4)34-31-28-25-16-13-10-7-3/h37-40H,5-36H2,1-4H3/p+1. The van der Waals surface area contributed by atoms with Gasteiger partial charge in [0.2, 0.25) is 0 Å². The van der Waals surface area contributed by atoms with Crippen LogP contribution < -0.4 is 4.57 Å². The van der Waals surface area contributed by atoms with Crippen LogP contribution in [0.25, 0.3) is 0 Å². The van der Waals surface area contributed by atoms with Crippen LogP contribution in [0.3, 0.4) is 0 Å². The fourth-order valence-electron chi connectivity index (χ4n) is 7.13. The molecular weight excluding hydrogens is 520 g/mol. The van der Waals surface area contributed by atoms with Crippen LogP contribution in [0.4, 0.5) is 0 Å². The molecule has 1 atom stereocenters. The molecule has 0 aliphatic heterocycles. The van der Waals surface area contributed by atoms with Crippen molar-refractivity contribution in [1.29, 1.82) is 0 Å². The summed E-state index contributed by atoms with van der Waals surface area (Å²) >= 11 is 0. The maximum Gasteiger partial charge on any atom is 0.257 e. The van der Waals surface area contributed by atoms with Crippen molar-refractivity contribution in [3.05, 3.63) is 18.2 Å². The van der Waals surface area contributed by atoms with Crippen molar-refractivity contribution in [2.45, 2.75) is 245 Å². The largest absolute Gasteiger partial charge is 0.257 e. The summed E-state index contributed by atoms with van der Waals surface area (Å²) in [7, 11) is 0. The molecule has 1 aromatic rings. The van der Waals surface area contributed by atoms with Crippen LogP contribution in [0.15, 0.2) is 12.4 Å². The Morgan fingerprint density at radius 3 is 1.09 bits per heavy atom. The first-order chi connectivity index (χ1) is 21.2. The number of aromatic nitrogens is 2. The highest BCUT2D eigenvalue weighted by atomic mass is 15.1. The molecule has 254 valence electrons. The van der Waals surface area contributed by atoms with Crippen LogP contribution in [0.1, 0.15) is 251 Å². The topological polar surface area (TPSA) is 19.7 Å². The molecule has 0 saturated carbocycles. The Bertz CT molecular complexity index is 638. The average molecular weight is 602 g/mol. The predicted octanol–water partition coefficient (Wildman–Crippen LogP) is 14.5. The van der Waals surface area contributed by atoms with Crippen LogP contribution in [0, 0.1) is 0 Å². The van der Waals surface area contributed by atoms with E-state index in [4.69, 9.17) is 0 Å². The van der Waals surface area contributed by atoms with Gasteiger partial charge in [-0.2, -0.15) is 0 Å². The van der Waals surface area contributed by atoms with Gasteiger partial charge in [0.25, 0.3) is 5.82 Å². The molecule has 0 aliphatic carbocycles. The Labute approximate surface area is 272 Å². The highest BCUT2D eigenvalue weighted by molar-refractivity contribution is 4.90. The highest BCUT2D eigenvalue weighted by Crippen LogP contribution is 2.27. The normalized spacial score (nSPS) is 12.5. The van der Waals surface area contributed by atoms with Crippen molar-refractivity contribution in [3.8, 4) is 0 Å². The monoisotopic (exact) mass is 602 g/mol. The first-order valence-corrected chi connectivity index (χ1v) is 20.3. The van der Waals surface area contributed by atoms with E-state index < -0.39 is 0 Å². The van der Waals surface area contributed by atoms with Gasteiger partial charge < -0.3 is 0 Å². The molecule has 0 fully saturated rings. The lowest BCUT2D eigenvalue weighted by atomic mass is 9.92. The van der Waals surface area contributed by atoms with E-state index in [2.05, 4.69) is 49.6 Å². The van der Waals surface area contributed by atoms with E-state index in [-0.39, 0.29) is 0 Å². The molecule has 0 aromatic carbocycles. The summed E-state index contributed by atoms with van der Waals surface area (Å²) < 4.78 is 2.64. The van der Waals surface area contributed by atoms with Crippen molar-refractivity contribution in [2.75, 3.05) is 0 Å². The quantitative estimate of drug-likeness (QED) is 0.0599. The smallest absolute Gasteiger partial charge is 0.247 e. The Hall–Kier alpha value is -0.790. The Kier molecular flexibility index (Phi) is 29.2. The molecular formula is C41H81N2+. The zero-order valence-electron chi connectivity index (χ0n) is 30.4. The lowest BCUT2D eigenvalue weighted by Crippen LogP contribution is -2.41. The third kappa shape index (κ3) is 23.2. The first kappa shape index (κ1) is 40.2. The summed E-state index contributed by atoms with van der Waals surface area (Å²) in [5.74, 6) is 2.25. The highest BCUT2D eigenvalue weighted by Gasteiger charge is 2.25. The van der Waals surface area contributed by atoms with Crippen LogP contribution in [0.2, 0.25) is 0 Å². The molecule has 0 amide bonds. The summed E-state index contributed by atoms with van der Waals surface area (Å²) in [5.41, 5.74) is 0. The van der Waals surface area contributed by atoms with E-state index in [1.165, 1.54) is 211 Å². The van der Waals surface area contributed by atoms with Gasteiger partial charge in [0.15, 0.2) is 0 Å². The minimum atomic E-state index is 0.619. The van der Waals surface area contributed by atoms with Crippen molar-refractivity contribution < 1.29 is 4.57 Å². The van der Waals surface area contributed by atoms with E-state index in [0.717, 1.165) is 0 Å². The fourth-order valence-corrected chi connectivity index (χ4v) is 7.13. The van der Waals surface area contributed by atoms with E-state index >= 15 is 0 Å². The lowest BCUT2D eigenvalue weighted by molar-refractivity contribution is -0.727. The molecule has 0 radical (unpaired) electrons. The van der Waals surface area contributed by atoms with Crippen molar-refractivity contribution in [3.63, 3.8) is 0 Å². The number of aromatic amines is 1. The number of nitrogens with one attached hydrogen (secondary N) is 1. The van der Waals surface area contributed by atoms with Crippen molar-refractivity contribution >= 4 is 0 Å². The summed E-state index contributed by atoms with van der Waals surface area (Å²) in [6.07, 6.45) is 50.2. The van der Waals surface area contributed by atoms with Crippen molar-refractivity contribution in [2.24, 2.45) is 0 Å². The molecule has 0 spiro atoms. The zero-order valence-corrected chi connectivity index (χ0v) is 30.4. The summed E-state index contributed by atoms with van der Waals surface area (Å²) in [6, 6.07) is 0.619. The molecule has 1 unspecified atom stereocenters. The first-order valence-electron chi connectivity index (χ1n) is 20.3. The van der Waals surface area contributed by atoms with Gasteiger partial charge in [0, 0.05) is 0 Å². The van der Waals surface area contributed by atoms with Gasteiger partial charge in [-0.05, 0) is 32.6 Å². The van der Waals surface area contributed by atoms with Gasteiger partial charge in [-0.1, -0.05) is 201 Å². The molecule has 0 aliphatic rings. The molecule has 2 nitrogen and oxygen atoms in total. The van der Waals surface area contributed by atoms with Gasteiger partial charge in [-0.3, -0.25) is 0 Å². The summed E-state index contributed by atoms with van der Waals surface area (Å²) in [5, 5.41) is 0. The number of hydrogen-bond acceptors (Lipinski definition) is 0. The van der Waals surface area contributed by atoms with E-state index in [0.29, 0.717) is 12.0 Å². The Morgan fingerprint density at radius 2 is 0.744 bits per heavy atom. The van der Waals surface area contributed by atoms with Gasteiger partial charge in [-0.15, -0.1) is 0 Å². The van der Waals surface area contributed by atoms with E-state index in [9.17, 15) is 0 Å². The SMILES string of the molecule is CCCCCCCCCCCCCC(CCCCCCCCCCCCC)c1[nH]cc[n+]1C(C)CCCCCCCCC. The van der Waals surface area contributed by atoms with E-state index in [1.807, 2.05) is 0 Å². The summed E-state index contributed by atoms with van der Waals surface area (Å²) in [4.78, 5) is 3.75. The second-order valence-corrected chi connectivity index (χ2v) is 14.4. The number of rotatable bonds is 34. The van der Waals surface area contributed by atoms with Gasteiger partial charge in [-0.25, -0.2) is 9.55 Å². The second-order valence-electron chi connectivity index (χ2n) is 14.4. The van der Waals surface area contributed by atoms with Gasteiger partial charge in [0.1, 0.15) is 12.4 Å². The predicted molar refractivity (Wildman–Crippen MR) is 193 cm³/mol. The molecule has 2 heteroatoms. The number of imidazole rings is 1. The number of unbranched alkanes of at least 4 members (excludes halogenated alkanes) is 26. The Balaban J connectivity index is 2.43. The van der Waals surface area contributed by atoms with Crippen molar-refractivity contribution in [1.82, 2.24) is 4.98 Å². The van der Waals surface area contributed by atoms with Crippen LogP contribution in [0.5, 0.6) is 0 Å². The fraction of sp³-hybridized carbons (Fsp3) is 0.927. The average Bonchev–Trinajstić information content (AvgIpc) is 3.51. The number of H-pyrrole nitrogens is 1. The Morgan fingerprint density at radius 1 is 0.442 bits per heavy atom. The van der Waals surface area contributed by atoms with E-state index in [1.54, 1.807) is 0 Å². The van der Waals surface area contributed by atoms with Gasteiger partial charge >= 0.3 is 0 Å². The zero-order chi connectivity index (χ0) is 31.1. The molecule has 0 bridgehead atoms. The van der Waals surface area contributed by atoms with Crippen LogP contribution >= 0.6 is 0 Å². The minimum absolute atomic E-state index is 0.619. The lowest BCUT2D eigenvalue weighted by Gasteiger charge is -2.17. The van der Waals surface area contributed by atoms with Crippen LogP contribution in [-0.2, 0) is 0 Å². The second kappa shape index (κ2) is 31.2. The van der Waals surface area contributed by atoms with Gasteiger partial charge in [0.05, 0.1) is 12.0 Å². The van der Waals surface area contributed by atoms with Crippen LogP contribution in [-0.4, -0.2) is 4.98 Å². The summed E-state index contributed by atoms with van der Waals surface area (Å²) in [6.45, 7) is 9.41. The third-order valence-electron chi connectivity index (χ3n) is 10.1. The maximum atomic E-state index is 3.75.